The summed E-state index contributed by atoms with van der Waals surface area (Å²) in [5.41, 5.74) is 1.31. The minimum Gasteiger partial charge on any atom is -0.487 e. The highest BCUT2D eigenvalue weighted by atomic mass is 79.9. The zero-order chi connectivity index (χ0) is 21.8. The second kappa shape index (κ2) is 9.47. The molecule has 152 valence electrons. The Hall–Kier alpha value is -2.61. The van der Waals surface area contributed by atoms with Crippen molar-refractivity contribution in [1.82, 2.24) is 4.90 Å². The second-order valence-corrected chi connectivity index (χ2v) is 8.70. The van der Waals surface area contributed by atoms with E-state index in [-0.39, 0.29) is 23.7 Å². The number of hydrogen-bond acceptors (Lipinski definition) is 6. The molecule has 0 radical (unpaired) electrons. The molecule has 2 amide bonds. The first-order valence-electron chi connectivity index (χ1n) is 8.34. The van der Waals surface area contributed by atoms with Crippen LogP contribution in [0.3, 0.4) is 0 Å². The van der Waals surface area contributed by atoms with Gasteiger partial charge in [-0.1, -0.05) is 18.1 Å². The molecule has 0 bridgehead atoms. The van der Waals surface area contributed by atoms with Gasteiger partial charge in [-0.15, -0.1) is 6.42 Å². The third-order valence-electron chi connectivity index (χ3n) is 3.95. The average molecular weight is 552 g/mol. The fourth-order valence-electron chi connectivity index (χ4n) is 2.59. The Morgan fingerprint density at radius 3 is 2.57 bits per heavy atom. The number of hydrogen-bond donors (Lipinski definition) is 0. The summed E-state index contributed by atoms with van der Waals surface area (Å²) >= 11 is 7.70. The molecule has 0 aromatic heterocycles. The van der Waals surface area contributed by atoms with Gasteiger partial charge in [-0.2, -0.15) is 0 Å². The van der Waals surface area contributed by atoms with Crippen molar-refractivity contribution in [1.29, 1.82) is 0 Å². The zero-order valence-electron chi connectivity index (χ0n) is 15.1. The van der Waals surface area contributed by atoms with Crippen LogP contribution in [0.1, 0.15) is 11.1 Å². The van der Waals surface area contributed by atoms with E-state index in [1.54, 1.807) is 30.3 Å². The van der Waals surface area contributed by atoms with E-state index in [1.807, 2.05) is 0 Å². The zero-order valence-corrected chi connectivity index (χ0v) is 19.1. The van der Waals surface area contributed by atoms with Gasteiger partial charge in [-0.25, -0.2) is 0 Å². The fraction of sp³-hybridized carbons (Fsp3) is 0.100. The summed E-state index contributed by atoms with van der Waals surface area (Å²) in [6.07, 6.45) is 6.79. The van der Waals surface area contributed by atoms with Crippen LogP contribution in [0.15, 0.2) is 50.2 Å². The molecule has 2 aromatic rings. The second-order valence-electron chi connectivity index (χ2n) is 6.00. The number of amides is 2. The number of imide groups is 1. The topological polar surface area (TPSA) is 89.8 Å². The summed E-state index contributed by atoms with van der Waals surface area (Å²) in [5, 5.41) is 10.5. The van der Waals surface area contributed by atoms with Crippen LogP contribution in [-0.4, -0.2) is 27.5 Å². The molecule has 1 heterocycles. The van der Waals surface area contributed by atoms with Gasteiger partial charge in [0.15, 0.2) is 0 Å². The van der Waals surface area contributed by atoms with E-state index < -0.39 is 16.1 Å². The van der Waals surface area contributed by atoms with Crippen molar-refractivity contribution in [3.8, 4) is 18.1 Å². The van der Waals surface area contributed by atoms with Gasteiger partial charge in [-0.3, -0.25) is 24.6 Å². The number of thioether (sulfide) groups is 1. The minimum absolute atomic E-state index is 0.0108. The summed E-state index contributed by atoms with van der Waals surface area (Å²) in [7, 11) is 0. The Balaban J connectivity index is 1.79. The number of non-ortho nitro benzene ring substituents is 1. The highest BCUT2D eigenvalue weighted by Gasteiger charge is 2.34. The largest absolute Gasteiger partial charge is 0.487 e. The van der Waals surface area contributed by atoms with Crippen LogP contribution in [0, 0.1) is 22.5 Å². The monoisotopic (exact) mass is 550 g/mol. The van der Waals surface area contributed by atoms with Gasteiger partial charge in [-0.05, 0) is 73.0 Å². The Morgan fingerprint density at radius 1 is 1.23 bits per heavy atom. The molecule has 1 saturated heterocycles. The van der Waals surface area contributed by atoms with Gasteiger partial charge in [0.25, 0.3) is 16.8 Å². The van der Waals surface area contributed by atoms with Crippen molar-refractivity contribution in [2.45, 2.75) is 6.61 Å². The number of halogens is 2. The molecule has 2 aromatic carbocycles. The average Bonchev–Trinajstić information content (AvgIpc) is 2.95. The van der Waals surface area contributed by atoms with E-state index in [1.165, 1.54) is 12.1 Å². The molecule has 1 aliphatic rings. The number of carbonyl (C=O) groups is 2. The maximum Gasteiger partial charge on any atom is 0.294 e. The predicted octanol–water partition coefficient (Wildman–Crippen LogP) is 5.37. The van der Waals surface area contributed by atoms with Crippen molar-refractivity contribution in [2.24, 2.45) is 0 Å². The number of ether oxygens (including phenoxy) is 1. The molecular formula is C20H12Br2N2O5S. The Kier molecular flexibility index (Phi) is 6.97. The summed E-state index contributed by atoms with van der Waals surface area (Å²) in [5.74, 6) is 2.36. The Bertz CT molecular complexity index is 1100. The number of nitro groups is 1. The minimum atomic E-state index is -0.463. The third kappa shape index (κ3) is 4.92. The Labute approximate surface area is 192 Å². The van der Waals surface area contributed by atoms with E-state index in [9.17, 15) is 19.7 Å². The lowest BCUT2D eigenvalue weighted by Crippen LogP contribution is -2.28. The molecule has 7 nitrogen and oxygen atoms in total. The van der Waals surface area contributed by atoms with Gasteiger partial charge in [0, 0.05) is 12.1 Å². The van der Waals surface area contributed by atoms with Crippen LogP contribution < -0.4 is 4.74 Å². The van der Waals surface area contributed by atoms with Crippen LogP contribution in [-0.2, 0) is 11.4 Å². The van der Waals surface area contributed by atoms with Crippen LogP contribution >= 0.6 is 43.6 Å². The highest BCUT2D eigenvalue weighted by Crippen LogP contribution is 2.38. The molecule has 0 spiro atoms. The number of nitro benzene ring substituents is 1. The quantitative estimate of drug-likeness (QED) is 0.207. The van der Waals surface area contributed by atoms with E-state index in [0.29, 0.717) is 25.8 Å². The van der Waals surface area contributed by atoms with Crippen molar-refractivity contribution < 1.29 is 19.2 Å². The van der Waals surface area contributed by atoms with Crippen molar-refractivity contribution in [3.05, 3.63) is 71.5 Å². The SMILES string of the molecule is C#CCN1C(=O)S/C(=C/c2cc(Br)c(OCc3cccc([N+](=O)[O-])c3)c(Br)c2)C1=O. The first-order chi connectivity index (χ1) is 14.3. The molecule has 0 N–H and O–H groups in total. The molecule has 0 unspecified atom stereocenters. The number of carbonyl (C=O) groups excluding carboxylic acids is 2. The first-order valence-corrected chi connectivity index (χ1v) is 10.7. The summed E-state index contributed by atoms with van der Waals surface area (Å²) in [4.78, 5) is 35.9. The van der Waals surface area contributed by atoms with Crippen molar-refractivity contribution in [2.75, 3.05) is 6.54 Å². The van der Waals surface area contributed by atoms with Gasteiger partial charge in [0.05, 0.1) is 25.3 Å². The summed E-state index contributed by atoms with van der Waals surface area (Å²) in [6, 6.07) is 9.66. The summed E-state index contributed by atoms with van der Waals surface area (Å²) < 4.78 is 7.02. The van der Waals surface area contributed by atoms with Gasteiger partial charge in [0.1, 0.15) is 12.4 Å². The van der Waals surface area contributed by atoms with E-state index in [0.717, 1.165) is 16.7 Å². The van der Waals surface area contributed by atoms with E-state index >= 15 is 0 Å². The van der Waals surface area contributed by atoms with Crippen molar-refractivity contribution in [3.63, 3.8) is 0 Å². The third-order valence-corrected chi connectivity index (χ3v) is 6.03. The summed E-state index contributed by atoms with van der Waals surface area (Å²) in [6.45, 7) is 0.0586. The van der Waals surface area contributed by atoms with Crippen LogP contribution in [0.2, 0.25) is 0 Å². The van der Waals surface area contributed by atoms with E-state index in [2.05, 4.69) is 37.8 Å². The maximum absolute atomic E-state index is 12.3. The van der Waals surface area contributed by atoms with Crippen LogP contribution in [0.5, 0.6) is 5.75 Å². The normalized spacial score (nSPS) is 14.8. The highest BCUT2D eigenvalue weighted by molar-refractivity contribution is 9.11. The molecule has 1 aliphatic heterocycles. The van der Waals surface area contributed by atoms with Crippen LogP contribution in [0.25, 0.3) is 6.08 Å². The number of terminal acetylenes is 1. The van der Waals surface area contributed by atoms with Crippen LogP contribution in [0.4, 0.5) is 10.5 Å². The Morgan fingerprint density at radius 2 is 1.93 bits per heavy atom. The lowest BCUT2D eigenvalue weighted by atomic mass is 10.2. The standard InChI is InChI=1S/C20H12Br2N2O5S/c1-2-6-23-19(25)17(30-20(23)26)10-13-8-15(21)18(16(22)9-13)29-11-12-4-3-5-14(7-12)24(27)28/h1,3-5,7-10H,6,11H2/b17-10+. The lowest BCUT2D eigenvalue weighted by molar-refractivity contribution is -0.384. The molecule has 0 saturated carbocycles. The molecule has 0 atom stereocenters. The molecule has 3 rings (SSSR count). The number of nitrogens with zero attached hydrogens (tertiary/aromatic N) is 2. The predicted molar refractivity (Wildman–Crippen MR) is 121 cm³/mol. The lowest BCUT2D eigenvalue weighted by Gasteiger charge is -2.12. The molecular weight excluding hydrogens is 540 g/mol. The van der Waals surface area contributed by atoms with Crippen molar-refractivity contribution >= 4 is 66.5 Å². The molecule has 10 heteroatoms. The molecule has 30 heavy (non-hydrogen) atoms. The maximum atomic E-state index is 12.3. The van der Waals surface area contributed by atoms with Gasteiger partial charge < -0.3 is 4.74 Å². The first kappa shape index (κ1) is 22.1. The molecule has 0 aliphatic carbocycles. The number of rotatable bonds is 6. The molecule has 1 fully saturated rings. The van der Waals surface area contributed by atoms with E-state index in [4.69, 9.17) is 11.2 Å². The van der Waals surface area contributed by atoms with Gasteiger partial charge >= 0.3 is 0 Å². The van der Waals surface area contributed by atoms with Gasteiger partial charge in [0.2, 0.25) is 0 Å². The smallest absolute Gasteiger partial charge is 0.294 e. The number of benzene rings is 2. The fourth-order valence-corrected chi connectivity index (χ4v) is 4.88.